The topological polar surface area (TPSA) is 29.5 Å². The quantitative estimate of drug-likeness (QED) is 0.688. The average molecular weight is 172 g/mol. The minimum atomic E-state index is -0.207. The molecule has 1 heterocycles. The average Bonchev–Trinajstić information content (AvgIpc) is 2.05. The predicted octanol–water partition coefficient (Wildman–Crippen LogP) is 1.82. The van der Waals surface area contributed by atoms with Crippen molar-refractivity contribution < 1.29 is 9.84 Å². The van der Waals surface area contributed by atoms with E-state index in [9.17, 15) is 5.11 Å². The number of rotatable bonds is 2. The van der Waals surface area contributed by atoms with Gasteiger partial charge < -0.3 is 9.84 Å². The molecule has 0 spiro atoms. The zero-order valence-corrected chi connectivity index (χ0v) is 8.34. The molecule has 0 amide bonds. The summed E-state index contributed by atoms with van der Waals surface area (Å²) in [5.41, 5.74) is 0.109. The van der Waals surface area contributed by atoms with Crippen molar-refractivity contribution >= 4 is 0 Å². The molecule has 0 aromatic rings. The molecule has 0 bridgehead atoms. The Morgan fingerprint density at radius 1 is 1.17 bits per heavy atom. The molecule has 1 rings (SSSR count). The summed E-state index contributed by atoms with van der Waals surface area (Å²) in [4.78, 5) is 0. The Hall–Kier alpha value is -0.0800. The Kier molecular flexibility index (Phi) is 3.13. The Morgan fingerprint density at radius 2 is 1.67 bits per heavy atom. The number of aliphatic hydroxyl groups excluding tert-OH is 1. The molecular weight excluding hydrogens is 152 g/mol. The van der Waals surface area contributed by atoms with E-state index in [1.165, 1.54) is 0 Å². The molecule has 2 nitrogen and oxygen atoms in total. The molecule has 1 saturated heterocycles. The highest BCUT2D eigenvalue weighted by Crippen LogP contribution is 2.41. The molecule has 0 aliphatic carbocycles. The zero-order valence-electron chi connectivity index (χ0n) is 8.34. The summed E-state index contributed by atoms with van der Waals surface area (Å²) in [6.07, 6.45) is 1.80. The Morgan fingerprint density at radius 3 is 1.92 bits per heavy atom. The van der Waals surface area contributed by atoms with Crippen LogP contribution in [0.3, 0.4) is 0 Å². The third kappa shape index (κ3) is 1.64. The fourth-order valence-corrected chi connectivity index (χ4v) is 2.23. The van der Waals surface area contributed by atoms with Crippen molar-refractivity contribution in [3.05, 3.63) is 0 Å². The van der Waals surface area contributed by atoms with Crippen LogP contribution in [0, 0.1) is 11.3 Å². The van der Waals surface area contributed by atoms with Gasteiger partial charge in [-0.1, -0.05) is 13.8 Å². The SMILES string of the molecule is CC(C)C1([C@H](C)O)CCOCC1. The van der Waals surface area contributed by atoms with Crippen LogP contribution >= 0.6 is 0 Å². The third-order valence-electron chi connectivity index (χ3n) is 3.41. The van der Waals surface area contributed by atoms with Crippen LogP contribution in [0.4, 0.5) is 0 Å². The minimum Gasteiger partial charge on any atom is -0.393 e. The van der Waals surface area contributed by atoms with E-state index in [4.69, 9.17) is 4.74 Å². The van der Waals surface area contributed by atoms with Crippen LogP contribution in [0.1, 0.15) is 33.6 Å². The molecule has 1 N–H and O–H groups in total. The fraction of sp³-hybridized carbons (Fsp3) is 1.00. The Labute approximate surface area is 74.9 Å². The van der Waals surface area contributed by atoms with Crippen LogP contribution in [0.25, 0.3) is 0 Å². The molecule has 0 unspecified atom stereocenters. The van der Waals surface area contributed by atoms with Gasteiger partial charge in [0.05, 0.1) is 6.10 Å². The maximum atomic E-state index is 9.74. The standard InChI is InChI=1S/C10H20O2/c1-8(2)10(9(3)11)4-6-12-7-5-10/h8-9,11H,4-7H2,1-3H3/t9-/m0/s1. The predicted molar refractivity (Wildman–Crippen MR) is 49.0 cm³/mol. The summed E-state index contributed by atoms with van der Waals surface area (Å²) in [5, 5.41) is 9.74. The first-order chi connectivity index (χ1) is 5.59. The van der Waals surface area contributed by atoms with Gasteiger partial charge in [-0.3, -0.25) is 0 Å². The van der Waals surface area contributed by atoms with Gasteiger partial charge in [-0.25, -0.2) is 0 Å². The van der Waals surface area contributed by atoms with Crippen molar-refractivity contribution in [1.82, 2.24) is 0 Å². The summed E-state index contributed by atoms with van der Waals surface area (Å²) in [7, 11) is 0. The smallest absolute Gasteiger partial charge is 0.0572 e. The molecule has 0 saturated carbocycles. The van der Waals surface area contributed by atoms with Crippen molar-refractivity contribution in [2.75, 3.05) is 13.2 Å². The molecule has 1 aliphatic heterocycles. The van der Waals surface area contributed by atoms with E-state index in [1.54, 1.807) is 0 Å². The van der Waals surface area contributed by atoms with E-state index in [1.807, 2.05) is 6.92 Å². The van der Waals surface area contributed by atoms with Crippen LogP contribution in [-0.4, -0.2) is 24.4 Å². The molecule has 0 radical (unpaired) electrons. The Balaban J connectivity index is 2.70. The molecule has 0 aromatic heterocycles. The lowest BCUT2D eigenvalue weighted by atomic mass is 9.68. The van der Waals surface area contributed by atoms with Gasteiger partial charge in [0.1, 0.15) is 0 Å². The van der Waals surface area contributed by atoms with Gasteiger partial charge in [0.2, 0.25) is 0 Å². The molecule has 1 aliphatic rings. The molecule has 1 fully saturated rings. The van der Waals surface area contributed by atoms with Crippen molar-refractivity contribution in [3.8, 4) is 0 Å². The number of hydrogen-bond acceptors (Lipinski definition) is 2. The van der Waals surface area contributed by atoms with Crippen molar-refractivity contribution in [1.29, 1.82) is 0 Å². The lowest BCUT2D eigenvalue weighted by Crippen LogP contribution is -2.42. The second-order valence-electron chi connectivity index (χ2n) is 4.18. The normalized spacial score (nSPS) is 25.8. The fourth-order valence-electron chi connectivity index (χ4n) is 2.23. The maximum Gasteiger partial charge on any atom is 0.0572 e. The molecule has 72 valence electrons. The summed E-state index contributed by atoms with van der Waals surface area (Å²) in [6, 6.07) is 0. The van der Waals surface area contributed by atoms with E-state index >= 15 is 0 Å². The lowest BCUT2D eigenvalue weighted by molar-refractivity contribution is -0.0802. The van der Waals surface area contributed by atoms with E-state index in [0.29, 0.717) is 5.92 Å². The highest BCUT2D eigenvalue weighted by molar-refractivity contribution is 4.88. The molecule has 1 atom stereocenters. The van der Waals surface area contributed by atoms with Gasteiger partial charge in [0.15, 0.2) is 0 Å². The summed E-state index contributed by atoms with van der Waals surface area (Å²) < 4.78 is 5.31. The zero-order chi connectivity index (χ0) is 9.19. The summed E-state index contributed by atoms with van der Waals surface area (Å²) in [6.45, 7) is 7.91. The third-order valence-corrected chi connectivity index (χ3v) is 3.41. The summed E-state index contributed by atoms with van der Waals surface area (Å²) in [5.74, 6) is 0.543. The van der Waals surface area contributed by atoms with Crippen LogP contribution in [-0.2, 0) is 4.74 Å². The van der Waals surface area contributed by atoms with Gasteiger partial charge >= 0.3 is 0 Å². The first-order valence-corrected chi connectivity index (χ1v) is 4.85. The number of hydrogen-bond donors (Lipinski definition) is 1. The second-order valence-corrected chi connectivity index (χ2v) is 4.18. The number of aliphatic hydroxyl groups is 1. The molecule has 2 heteroatoms. The molecule has 12 heavy (non-hydrogen) atoms. The van der Waals surface area contributed by atoms with Gasteiger partial charge in [-0.15, -0.1) is 0 Å². The highest BCUT2D eigenvalue weighted by atomic mass is 16.5. The van der Waals surface area contributed by atoms with E-state index in [0.717, 1.165) is 26.1 Å². The van der Waals surface area contributed by atoms with E-state index in [-0.39, 0.29) is 11.5 Å². The van der Waals surface area contributed by atoms with E-state index in [2.05, 4.69) is 13.8 Å². The monoisotopic (exact) mass is 172 g/mol. The van der Waals surface area contributed by atoms with Gasteiger partial charge in [0.25, 0.3) is 0 Å². The lowest BCUT2D eigenvalue weighted by Gasteiger charge is -2.43. The van der Waals surface area contributed by atoms with Crippen molar-refractivity contribution in [3.63, 3.8) is 0 Å². The molecule has 0 aromatic carbocycles. The van der Waals surface area contributed by atoms with Crippen LogP contribution in [0.2, 0.25) is 0 Å². The van der Waals surface area contributed by atoms with Gasteiger partial charge in [-0.2, -0.15) is 0 Å². The Bertz CT molecular complexity index is 125. The minimum absolute atomic E-state index is 0.109. The van der Waals surface area contributed by atoms with Gasteiger partial charge in [0, 0.05) is 18.6 Å². The maximum absolute atomic E-state index is 9.74. The van der Waals surface area contributed by atoms with Crippen LogP contribution in [0.15, 0.2) is 0 Å². The van der Waals surface area contributed by atoms with Crippen molar-refractivity contribution in [2.45, 2.75) is 39.7 Å². The van der Waals surface area contributed by atoms with Crippen molar-refractivity contribution in [2.24, 2.45) is 11.3 Å². The highest BCUT2D eigenvalue weighted by Gasteiger charge is 2.39. The van der Waals surface area contributed by atoms with Crippen LogP contribution < -0.4 is 0 Å². The van der Waals surface area contributed by atoms with E-state index < -0.39 is 0 Å². The van der Waals surface area contributed by atoms with Gasteiger partial charge in [-0.05, 0) is 25.7 Å². The van der Waals surface area contributed by atoms with Crippen LogP contribution in [0.5, 0.6) is 0 Å². The summed E-state index contributed by atoms with van der Waals surface area (Å²) >= 11 is 0. The number of ether oxygens (including phenoxy) is 1. The molecular formula is C10H20O2. The first-order valence-electron chi connectivity index (χ1n) is 4.85. The largest absolute Gasteiger partial charge is 0.393 e. The second kappa shape index (κ2) is 3.75. The first kappa shape index (κ1) is 10.0.